The van der Waals surface area contributed by atoms with Gasteiger partial charge in [0.05, 0.1) is 6.10 Å². The van der Waals surface area contributed by atoms with Gasteiger partial charge in [-0.15, -0.1) is 0 Å². The molecular weight excluding hydrogens is 172 g/mol. The van der Waals surface area contributed by atoms with E-state index in [0.717, 1.165) is 35.5 Å². The summed E-state index contributed by atoms with van der Waals surface area (Å²) in [5.74, 6) is 5.87. The van der Waals surface area contributed by atoms with Crippen molar-refractivity contribution in [3.05, 3.63) is 12.2 Å². The van der Waals surface area contributed by atoms with E-state index in [2.05, 4.69) is 12.2 Å². The van der Waals surface area contributed by atoms with E-state index in [-0.39, 0.29) is 0 Å². The molecule has 0 saturated heterocycles. The second kappa shape index (κ2) is 2.44. The molecule has 4 aliphatic rings. The van der Waals surface area contributed by atoms with Crippen LogP contribution in [0.1, 0.15) is 19.3 Å². The average molecular weight is 190 g/mol. The molecule has 1 heteroatoms. The van der Waals surface area contributed by atoms with Crippen LogP contribution in [-0.4, -0.2) is 13.2 Å². The second-order valence-electron chi connectivity index (χ2n) is 5.77. The lowest BCUT2D eigenvalue weighted by Gasteiger charge is -2.35. The molecule has 7 unspecified atom stereocenters. The SMILES string of the molecule is COC1CC2CC1C1C3C=CC(C3)C21. The summed E-state index contributed by atoms with van der Waals surface area (Å²) in [5.41, 5.74) is 0. The van der Waals surface area contributed by atoms with Gasteiger partial charge in [-0.3, -0.25) is 0 Å². The molecule has 0 radical (unpaired) electrons. The van der Waals surface area contributed by atoms with Gasteiger partial charge in [-0.2, -0.15) is 0 Å². The largest absolute Gasteiger partial charge is 0.381 e. The number of hydrogen-bond acceptors (Lipinski definition) is 1. The van der Waals surface area contributed by atoms with Gasteiger partial charge in [-0.1, -0.05) is 12.2 Å². The zero-order valence-electron chi connectivity index (χ0n) is 8.73. The summed E-state index contributed by atoms with van der Waals surface area (Å²) in [6, 6.07) is 0. The molecule has 76 valence electrons. The molecule has 0 aliphatic heterocycles. The minimum atomic E-state index is 0.606. The Hall–Kier alpha value is -0.300. The van der Waals surface area contributed by atoms with Gasteiger partial charge in [0.15, 0.2) is 0 Å². The van der Waals surface area contributed by atoms with Gasteiger partial charge in [-0.05, 0) is 54.8 Å². The van der Waals surface area contributed by atoms with E-state index < -0.39 is 0 Å². The molecule has 0 aromatic heterocycles. The van der Waals surface area contributed by atoms with E-state index >= 15 is 0 Å². The molecule has 0 heterocycles. The first-order valence-corrected chi connectivity index (χ1v) is 6.09. The Morgan fingerprint density at radius 1 is 1.00 bits per heavy atom. The molecule has 0 spiro atoms. The Balaban J connectivity index is 1.72. The maximum atomic E-state index is 5.64. The van der Waals surface area contributed by atoms with Crippen LogP contribution in [0.15, 0.2) is 12.2 Å². The number of fused-ring (bicyclic) bond motifs is 9. The van der Waals surface area contributed by atoms with Crippen LogP contribution in [0.4, 0.5) is 0 Å². The topological polar surface area (TPSA) is 9.23 Å². The van der Waals surface area contributed by atoms with E-state index in [9.17, 15) is 0 Å². The van der Waals surface area contributed by atoms with E-state index in [4.69, 9.17) is 4.74 Å². The Morgan fingerprint density at radius 2 is 1.79 bits per heavy atom. The Labute approximate surface area is 85.5 Å². The van der Waals surface area contributed by atoms with Crippen molar-refractivity contribution < 1.29 is 4.74 Å². The smallest absolute Gasteiger partial charge is 0.0605 e. The molecule has 3 saturated carbocycles. The van der Waals surface area contributed by atoms with Gasteiger partial charge in [0.2, 0.25) is 0 Å². The normalized spacial score (nSPS) is 62.5. The van der Waals surface area contributed by atoms with Crippen LogP contribution < -0.4 is 0 Å². The highest BCUT2D eigenvalue weighted by atomic mass is 16.5. The summed E-state index contributed by atoms with van der Waals surface area (Å²) < 4.78 is 5.64. The van der Waals surface area contributed by atoms with Crippen LogP contribution in [0.25, 0.3) is 0 Å². The highest BCUT2D eigenvalue weighted by Gasteiger charge is 2.61. The third kappa shape index (κ3) is 0.735. The lowest BCUT2D eigenvalue weighted by Crippen LogP contribution is -2.34. The number of rotatable bonds is 1. The van der Waals surface area contributed by atoms with Crippen molar-refractivity contribution in [1.82, 2.24) is 0 Å². The Bertz CT molecular complexity index is 296. The predicted molar refractivity (Wildman–Crippen MR) is 54.7 cm³/mol. The summed E-state index contributed by atoms with van der Waals surface area (Å²) >= 11 is 0. The van der Waals surface area contributed by atoms with Gasteiger partial charge >= 0.3 is 0 Å². The van der Waals surface area contributed by atoms with Crippen LogP contribution in [0.5, 0.6) is 0 Å². The zero-order chi connectivity index (χ0) is 9.28. The first kappa shape index (κ1) is 7.92. The predicted octanol–water partition coefficient (Wildman–Crippen LogP) is 2.48. The Morgan fingerprint density at radius 3 is 2.57 bits per heavy atom. The molecule has 4 aliphatic carbocycles. The first-order chi connectivity index (χ1) is 6.88. The first-order valence-electron chi connectivity index (χ1n) is 6.09. The molecular formula is C13H18O. The minimum absolute atomic E-state index is 0.606. The van der Waals surface area contributed by atoms with Crippen LogP contribution >= 0.6 is 0 Å². The van der Waals surface area contributed by atoms with Crippen LogP contribution in [0.2, 0.25) is 0 Å². The standard InChI is InChI=1S/C13H18O/c1-14-11-6-9-5-10(11)13-8-3-2-7(4-8)12(9)13/h2-3,7-13H,4-6H2,1H3. The fourth-order valence-electron chi connectivity index (χ4n) is 5.23. The fraction of sp³-hybridized carbons (Fsp3) is 0.846. The van der Waals surface area contributed by atoms with E-state index in [1.165, 1.54) is 19.3 Å². The van der Waals surface area contributed by atoms with Crippen molar-refractivity contribution in [2.45, 2.75) is 25.4 Å². The second-order valence-corrected chi connectivity index (χ2v) is 5.77. The van der Waals surface area contributed by atoms with Gasteiger partial charge in [-0.25, -0.2) is 0 Å². The third-order valence-corrected chi connectivity index (χ3v) is 5.51. The fourth-order valence-corrected chi connectivity index (χ4v) is 5.23. The number of allylic oxidation sites excluding steroid dienone is 2. The van der Waals surface area contributed by atoms with Gasteiger partial charge in [0.25, 0.3) is 0 Å². The molecule has 0 aromatic carbocycles. The molecule has 0 aromatic rings. The molecule has 7 atom stereocenters. The zero-order valence-corrected chi connectivity index (χ0v) is 8.73. The maximum absolute atomic E-state index is 5.64. The molecule has 14 heavy (non-hydrogen) atoms. The van der Waals surface area contributed by atoms with Gasteiger partial charge in [0.1, 0.15) is 0 Å². The quantitative estimate of drug-likeness (QED) is 0.456. The summed E-state index contributed by atoms with van der Waals surface area (Å²) in [4.78, 5) is 0. The third-order valence-electron chi connectivity index (χ3n) is 5.51. The van der Waals surface area contributed by atoms with Crippen molar-refractivity contribution in [2.24, 2.45) is 35.5 Å². The molecule has 0 amide bonds. The van der Waals surface area contributed by atoms with Crippen LogP contribution in [0, 0.1) is 35.5 Å². The van der Waals surface area contributed by atoms with E-state index in [1.807, 2.05) is 7.11 Å². The number of methoxy groups -OCH3 is 1. The average Bonchev–Trinajstić information content (AvgIpc) is 2.94. The molecule has 1 nitrogen and oxygen atoms in total. The molecule has 3 fully saturated rings. The summed E-state index contributed by atoms with van der Waals surface area (Å²) in [5, 5.41) is 0. The van der Waals surface area contributed by atoms with Crippen molar-refractivity contribution in [2.75, 3.05) is 7.11 Å². The van der Waals surface area contributed by atoms with Crippen molar-refractivity contribution in [3.8, 4) is 0 Å². The van der Waals surface area contributed by atoms with Crippen molar-refractivity contribution in [3.63, 3.8) is 0 Å². The van der Waals surface area contributed by atoms with E-state index in [0.29, 0.717) is 6.10 Å². The maximum Gasteiger partial charge on any atom is 0.0605 e. The van der Waals surface area contributed by atoms with Gasteiger partial charge in [0, 0.05) is 7.11 Å². The lowest BCUT2D eigenvalue weighted by atomic mass is 9.72. The molecule has 4 bridgehead atoms. The molecule has 0 N–H and O–H groups in total. The Kier molecular flexibility index (Phi) is 1.38. The minimum Gasteiger partial charge on any atom is -0.381 e. The summed E-state index contributed by atoms with van der Waals surface area (Å²) in [6.07, 6.45) is 9.92. The number of ether oxygens (including phenoxy) is 1. The summed E-state index contributed by atoms with van der Waals surface area (Å²) in [6.45, 7) is 0. The van der Waals surface area contributed by atoms with Gasteiger partial charge < -0.3 is 4.74 Å². The highest BCUT2D eigenvalue weighted by molar-refractivity contribution is 5.20. The van der Waals surface area contributed by atoms with Crippen LogP contribution in [-0.2, 0) is 4.74 Å². The number of hydrogen-bond donors (Lipinski definition) is 0. The highest BCUT2D eigenvalue weighted by Crippen LogP contribution is 2.65. The van der Waals surface area contributed by atoms with Crippen molar-refractivity contribution in [1.29, 1.82) is 0 Å². The van der Waals surface area contributed by atoms with E-state index in [1.54, 1.807) is 0 Å². The monoisotopic (exact) mass is 190 g/mol. The summed E-state index contributed by atoms with van der Waals surface area (Å²) in [7, 11) is 1.91. The van der Waals surface area contributed by atoms with Crippen LogP contribution in [0.3, 0.4) is 0 Å². The van der Waals surface area contributed by atoms with Crippen molar-refractivity contribution >= 4 is 0 Å². The lowest BCUT2D eigenvalue weighted by molar-refractivity contribution is 0.0114. The molecule has 4 rings (SSSR count).